The highest BCUT2D eigenvalue weighted by Crippen LogP contribution is 2.30. The maximum absolute atomic E-state index is 12.3. The van der Waals surface area contributed by atoms with Crippen molar-refractivity contribution < 1.29 is 8.42 Å². The van der Waals surface area contributed by atoms with Crippen LogP contribution in [0.2, 0.25) is 4.47 Å². The van der Waals surface area contributed by atoms with Crippen LogP contribution in [0.3, 0.4) is 0 Å². The highest BCUT2D eigenvalue weighted by Gasteiger charge is 2.27. The van der Waals surface area contributed by atoms with E-state index in [2.05, 4.69) is 9.71 Å². The molecule has 2 rings (SSSR count). The van der Waals surface area contributed by atoms with Crippen molar-refractivity contribution in [3.05, 3.63) is 10.2 Å². The number of aromatic nitrogens is 1. The summed E-state index contributed by atoms with van der Waals surface area (Å²) in [4.78, 5) is 3.96. The molecule has 1 N–H and O–H groups in total. The van der Waals surface area contributed by atoms with Gasteiger partial charge in [-0.1, -0.05) is 42.2 Å². The highest BCUT2D eigenvalue weighted by atomic mass is 35.5. The van der Waals surface area contributed by atoms with Gasteiger partial charge in [0.25, 0.3) is 10.0 Å². The lowest BCUT2D eigenvalue weighted by atomic mass is 9.85. The van der Waals surface area contributed by atoms with E-state index in [4.69, 9.17) is 11.6 Å². The molecule has 7 heteroatoms. The zero-order valence-electron chi connectivity index (χ0n) is 11.1. The average Bonchev–Trinajstić information content (AvgIpc) is 2.70. The Hall–Kier alpha value is -0.170. The van der Waals surface area contributed by atoms with Crippen molar-refractivity contribution >= 4 is 33.0 Å². The molecule has 0 aromatic carbocycles. The number of nitrogens with one attached hydrogen (secondary N) is 1. The Kier molecular flexibility index (Phi) is 4.87. The SMILES string of the molecule is Cc1nc(Cl)sc1S(=O)(=O)NC(C)C1CCCCC1. The number of hydrogen-bond acceptors (Lipinski definition) is 4. The quantitative estimate of drug-likeness (QED) is 0.924. The van der Waals surface area contributed by atoms with Gasteiger partial charge in [0.05, 0.1) is 5.69 Å². The molecule has 1 saturated carbocycles. The van der Waals surface area contributed by atoms with Crippen molar-refractivity contribution in [2.45, 2.75) is 56.2 Å². The topological polar surface area (TPSA) is 59.1 Å². The van der Waals surface area contributed by atoms with Gasteiger partial charge in [-0.05, 0) is 32.6 Å². The van der Waals surface area contributed by atoms with E-state index in [-0.39, 0.29) is 14.7 Å². The van der Waals surface area contributed by atoms with Crippen LogP contribution in [-0.2, 0) is 10.0 Å². The Labute approximate surface area is 123 Å². The second-order valence-electron chi connectivity index (χ2n) is 5.15. The summed E-state index contributed by atoms with van der Waals surface area (Å²) in [5, 5.41) is 0. The number of sulfonamides is 1. The van der Waals surface area contributed by atoms with E-state index in [1.807, 2.05) is 6.92 Å². The van der Waals surface area contributed by atoms with Gasteiger partial charge in [0.2, 0.25) is 0 Å². The van der Waals surface area contributed by atoms with Crippen LogP contribution in [0.15, 0.2) is 4.21 Å². The molecule has 4 nitrogen and oxygen atoms in total. The summed E-state index contributed by atoms with van der Waals surface area (Å²) in [6, 6.07) is -0.0365. The highest BCUT2D eigenvalue weighted by molar-refractivity contribution is 7.91. The van der Waals surface area contributed by atoms with E-state index in [1.54, 1.807) is 6.92 Å². The standard InChI is InChI=1S/C12H19ClN2O2S2/c1-8(10-6-4-3-5-7-10)15-19(16,17)11-9(2)14-12(13)18-11/h8,10,15H,3-7H2,1-2H3. The second-order valence-corrected chi connectivity index (χ2v) is 8.64. The second kappa shape index (κ2) is 6.08. The lowest BCUT2D eigenvalue weighted by molar-refractivity contribution is 0.303. The lowest BCUT2D eigenvalue weighted by Gasteiger charge is -2.27. The van der Waals surface area contributed by atoms with Crippen LogP contribution in [0, 0.1) is 12.8 Å². The summed E-state index contributed by atoms with van der Waals surface area (Å²) in [5.41, 5.74) is 0.471. The zero-order chi connectivity index (χ0) is 14.0. The van der Waals surface area contributed by atoms with E-state index in [0.717, 1.165) is 24.2 Å². The van der Waals surface area contributed by atoms with Crippen molar-refractivity contribution in [1.29, 1.82) is 0 Å². The molecule has 1 aliphatic rings. The van der Waals surface area contributed by atoms with Gasteiger partial charge in [-0.15, -0.1) is 0 Å². The van der Waals surface area contributed by atoms with Gasteiger partial charge < -0.3 is 0 Å². The van der Waals surface area contributed by atoms with Crippen LogP contribution >= 0.6 is 22.9 Å². The first kappa shape index (κ1) is 15.2. The fourth-order valence-corrected chi connectivity index (χ4v) is 5.70. The molecule has 1 aromatic rings. The molecule has 1 unspecified atom stereocenters. The minimum Gasteiger partial charge on any atom is -0.229 e. The summed E-state index contributed by atoms with van der Waals surface area (Å²) >= 11 is 6.79. The van der Waals surface area contributed by atoms with Crippen LogP contribution in [0.5, 0.6) is 0 Å². The van der Waals surface area contributed by atoms with Crippen LogP contribution in [0.4, 0.5) is 0 Å². The van der Waals surface area contributed by atoms with Crippen molar-refractivity contribution in [2.75, 3.05) is 0 Å². The van der Waals surface area contributed by atoms with E-state index in [1.165, 1.54) is 19.3 Å². The van der Waals surface area contributed by atoms with E-state index in [0.29, 0.717) is 11.6 Å². The summed E-state index contributed by atoms with van der Waals surface area (Å²) in [6.07, 6.45) is 5.86. The normalized spacial score (nSPS) is 19.5. The third-order valence-electron chi connectivity index (χ3n) is 3.67. The maximum atomic E-state index is 12.3. The Balaban J connectivity index is 2.10. The average molecular weight is 323 g/mol. The first-order valence-corrected chi connectivity index (χ1v) is 9.23. The van der Waals surface area contributed by atoms with Crippen LogP contribution in [0.25, 0.3) is 0 Å². The minimum atomic E-state index is -3.50. The molecular formula is C12H19ClN2O2S2. The molecule has 1 fully saturated rings. The van der Waals surface area contributed by atoms with Gasteiger partial charge in [-0.2, -0.15) is 0 Å². The minimum absolute atomic E-state index is 0.0365. The molecular weight excluding hydrogens is 304 g/mol. The monoisotopic (exact) mass is 322 g/mol. The van der Waals surface area contributed by atoms with Crippen molar-refractivity contribution in [3.63, 3.8) is 0 Å². The van der Waals surface area contributed by atoms with Gasteiger partial charge in [0, 0.05) is 6.04 Å². The number of rotatable bonds is 4. The van der Waals surface area contributed by atoms with Gasteiger partial charge in [0.1, 0.15) is 0 Å². The first-order chi connectivity index (χ1) is 8.90. The molecule has 0 amide bonds. The van der Waals surface area contributed by atoms with Crippen LogP contribution in [0.1, 0.15) is 44.7 Å². The smallest absolute Gasteiger partial charge is 0.229 e. The van der Waals surface area contributed by atoms with Crippen molar-refractivity contribution in [3.8, 4) is 0 Å². The van der Waals surface area contributed by atoms with Crippen molar-refractivity contribution in [1.82, 2.24) is 9.71 Å². The van der Waals surface area contributed by atoms with Gasteiger partial charge in [-0.25, -0.2) is 18.1 Å². The molecule has 0 aliphatic heterocycles. The number of thiazole rings is 1. The number of nitrogens with zero attached hydrogens (tertiary/aromatic N) is 1. The van der Waals surface area contributed by atoms with Crippen LogP contribution < -0.4 is 4.72 Å². The Morgan fingerprint density at radius 3 is 2.53 bits per heavy atom. The predicted octanol–water partition coefficient (Wildman–Crippen LogP) is 3.35. The summed E-state index contributed by atoms with van der Waals surface area (Å²) in [6.45, 7) is 3.62. The molecule has 0 radical (unpaired) electrons. The third-order valence-corrected chi connectivity index (χ3v) is 7.10. The Bertz CT molecular complexity index is 536. The zero-order valence-corrected chi connectivity index (χ0v) is 13.5. The largest absolute Gasteiger partial charge is 0.252 e. The molecule has 1 aromatic heterocycles. The van der Waals surface area contributed by atoms with Gasteiger partial charge in [0.15, 0.2) is 8.68 Å². The molecule has 0 spiro atoms. The lowest BCUT2D eigenvalue weighted by Crippen LogP contribution is -2.38. The summed E-state index contributed by atoms with van der Waals surface area (Å²) in [5.74, 6) is 0.437. The molecule has 1 atom stereocenters. The van der Waals surface area contributed by atoms with Crippen LogP contribution in [-0.4, -0.2) is 19.4 Å². The Morgan fingerprint density at radius 2 is 2.00 bits per heavy atom. The predicted molar refractivity (Wildman–Crippen MR) is 78.2 cm³/mol. The van der Waals surface area contributed by atoms with E-state index < -0.39 is 10.0 Å². The van der Waals surface area contributed by atoms with E-state index >= 15 is 0 Å². The fourth-order valence-electron chi connectivity index (χ4n) is 2.63. The fraction of sp³-hybridized carbons (Fsp3) is 0.750. The van der Waals surface area contributed by atoms with Crippen molar-refractivity contribution in [2.24, 2.45) is 5.92 Å². The number of aryl methyl sites for hydroxylation is 1. The molecule has 0 bridgehead atoms. The summed E-state index contributed by atoms with van der Waals surface area (Å²) < 4.78 is 27.9. The molecule has 19 heavy (non-hydrogen) atoms. The third kappa shape index (κ3) is 3.68. The Morgan fingerprint density at radius 1 is 1.37 bits per heavy atom. The number of hydrogen-bond donors (Lipinski definition) is 1. The maximum Gasteiger partial charge on any atom is 0.252 e. The van der Waals surface area contributed by atoms with E-state index in [9.17, 15) is 8.42 Å². The molecule has 108 valence electrons. The van der Waals surface area contributed by atoms with Gasteiger partial charge >= 0.3 is 0 Å². The molecule has 1 aliphatic carbocycles. The molecule has 0 saturated heterocycles. The first-order valence-electron chi connectivity index (χ1n) is 6.55. The summed E-state index contributed by atoms with van der Waals surface area (Å²) in [7, 11) is -3.50. The number of halogens is 1. The molecule has 1 heterocycles. The van der Waals surface area contributed by atoms with Gasteiger partial charge in [-0.3, -0.25) is 0 Å².